The number of unbranched alkanes of at least 4 members (excludes halogenated alkanes) is 3. The van der Waals surface area contributed by atoms with Crippen molar-refractivity contribution in [2.75, 3.05) is 6.54 Å². The van der Waals surface area contributed by atoms with E-state index >= 15 is 0 Å². The van der Waals surface area contributed by atoms with Gasteiger partial charge >= 0.3 is 0 Å². The van der Waals surface area contributed by atoms with Gasteiger partial charge in [-0.3, -0.25) is 0 Å². The maximum absolute atomic E-state index is 5.84. The molecule has 5 nitrogen and oxygen atoms in total. The summed E-state index contributed by atoms with van der Waals surface area (Å²) >= 11 is 0. The molecule has 0 spiro atoms. The molecule has 3 N–H and O–H groups in total. The monoisotopic (exact) mass is 442 g/mol. The third-order valence-corrected chi connectivity index (χ3v) is 3.61. The predicted octanol–water partition coefficient (Wildman–Crippen LogP) is 4.25. The predicted molar refractivity (Wildman–Crippen MR) is 110 cm³/mol. The van der Waals surface area contributed by atoms with E-state index in [2.05, 4.69) is 41.3 Å². The Morgan fingerprint density at radius 2 is 1.96 bits per heavy atom. The standard InChI is InChI=1S/C18H26N4O.HI/c1-3-4-5-6-11-20-18(19)22-13-17-21-12-16(23-17)15-9-7-14(2)8-10-15;/h7-10,12H,3-6,11,13H2,1-2H3,(H3,19,20,22);1H. The molecule has 24 heavy (non-hydrogen) atoms. The van der Waals surface area contributed by atoms with Crippen molar-refractivity contribution < 1.29 is 4.42 Å². The first kappa shape index (κ1) is 20.5. The highest BCUT2D eigenvalue weighted by molar-refractivity contribution is 14.0. The second-order valence-corrected chi connectivity index (χ2v) is 5.67. The molecule has 0 aliphatic rings. The van der Waals surface area contributed by atoms with Crippen molar-refractivity contribution in [2.24, 2.45) is 10.7 Å². The number of benzene rings is 1. The highest BCUT2D eigenvalue weighted by Gasteiger charge is 2.05. The zero-order chi connectivity index (χ0) is 16.5. The molecular weight excluding hydrogens is 415 g/mol. The van der Waals surface area contributed by atoms with Crippen molar-refractivity contribution in [1.82, 2.24) is 10.3 Å². The summed E-state index contributed by atoms with van der Waals surface area (Å²) in [6.45, 7) is 5.46. The van der Waals surface area contributed by atoms with Gasteiger partial charge in [-0.05, 0) is 13.3 Å². The van der Waals surface area contributed by atoms with Crippen LogP contribution in [0.1, 0.15) is 44.1 Å². The highest BCUT2D eigenvalue weighted by Crippen LogP contribution is 2.20. The number of rotatable bonds is 8. The Bertz CT molecular complexity index is 622. The average molecular weight is 442 g/mol. The van der Waals surface area contributed by atoms with Gasteiger partial charge in [0, 0.05) is 12.1 Å². The van der Waals surface area contributed by atoms with Crippen molar-refractivity contribution in [3.05, 3.63) is 41.9 Å². The van der Waals surface area contributed by atoms with E-state index in [0.29, 0.717) is 18.4 Å². The fraction of sp³-hybridized carbons (Fsp3) is 0.444. The summed E-state index contributed by atoms with van der Waals surface area (Å²) in [7, 11) is 0. The molecule has 0 aliphatic carbocycles. The normalized spacial score (nSPS) is 11.2. The topological polar surface area (TPSA) is 76.4 Å². The number of hydrogen-bond donors (Lipinski definition) is 2. The Morgan fingerprint density at radius 1 is 1.21 bits per heavy atom. The van der Waals surface area contributed by atoms with Crippen molar-refractivity contribution in [1.29, 1.82) is 0 Å². The molecule has 0 aliphatic heterocycles. The van der Waals surface area contributed by atoms with Gasteiger partial charge in [0.1, 0.15) is 6.54 Å². The lowest BCUT2D eigenvalue weighted by atomic mass is 10.1. The van der Waals surface area contributed by atoms with Gasteiger partial charge in [-0.15, -0.1) is 24.0 Å². The molecule has 1 aromatic heterocycles. The van der Waals surface area contributed by atoms with Crippen LogP contribution in [0.25, 0.3) is 11.3 Å². The summed E-state index contributed by atoms with van der Waals surface area (Å²) in [5.41, 5.74) is 8.07. The van der Waals surface area contributed by atoms with Crippen LogP contribution in [0.5, 0.6) is 0 Å². The summed E-state index contributed by atoms with van der Waals surface area (Å²) in [5.74, 6) is 1.76. The van der Waals surface area contributed by atoms with Gasteiger partial charge < -0.3 is 15.5 Å². The molecule has 0 amide bonds. The Balaban J connectivity index is 0.00000288. The lowest BCUT2D eigenvalue weighted by Gasteiger charge is -2.04. The summed E-state index contributed by atoms with van der Waals surface area (Å²) in [6, 6.07) is 8.15. The van der Waals surface area contributed by atoms with Gasteiger partial charge in [0.2, 0.25) is 5.89 Å². The number of nitrogens with zero attached hydrogens (tertiary/aromatic N) is 2. The van der Waals surface area contributed by atoms with Crippen LogP contribution in [-0.4, -0.2) is 17.5 Å². The fourth-order valence-corrected chi connectivity index (χ4v) is 2.21. The molecule has 1 heterocycles. The van der Waals surface area contributed by atoms with Crippen LogP contribution in [0, 0.1) is 6.92 Å². The van der Waals surface area contributed by atoms with Crippen LogP contribution in [0.3, 0.4) is 0 Å². The van der Waals surface area contributed by atoms with Crippen LogP contribution in [0.4, 0.5) is 0 Å². The summed E-state index contributed by atoms with van der Waals surface area (Å²) in [4.78, 5) is 8.51. The van der Waals surface area contributed by atoms with E-state index in [-0.39, 0.29) is 24.0 Å². The number of aliphatic imine (C=N–C) groups is 1. The Morgan fingerprint density at radius 3 is 2.67 bits per heavy atom. The maximum Gasteiger partial charge on any atom is 0.216 e. The molecule has 0 bridgehead atoms. The smallest absolute Gasteiger partial charge is 0.216 e. The molecule has 0 unspecified atom stereocenters. The Hall–Kier alpha value is -1.57. The number of aryl methyl sites for hydroxylation is 1. The van der Waals surface area contributed by atoms with Crippen molar-refractivity contribution in [3.63, 3.8) is 0 Å². The molecular formula is C18H27IN4O. The molecule has 0 atom stereocenters. The van der Waals surface area contributed by atoms with Gasteiger partial charge in [-0.1, -0.05) is 56.0 Å². The Kier molecular flexibility index (Phi) is 9.44. The quantitative estimate of drug-likeness (QED) is 0.277. The fourth-order valence-electron chi connectivity index (χ4n) is 2.21. The minimum absolute atomic E-state index is 0. The van der Waals surface area contributed by atoms with Gasteiger partial charge in [-0.25, -0.2) is 9.98 Å². The summed E-state index contributed by atoms with van der Waals surface area (Å²) < 4.78 is 5.72. The van der Waals surface area contributed by atoms with E-state index in [1.807, 2.05) is 12.1 Å². The SMILES string of the molecule is CCCCCCNC(N)=NCc1ncc(-c2ccc(C)cc2)o1.I. The van der Waals surface area contributed by atoms with Gasteiger partial charge in [0.25, 0.3) is 0 Å². The molecule has 0 radical (unpaired) electrons. The van der Waals surface area contributed by atoms with Gasteiger partial charge in [0.05, 0.1) is 6.20 Å². The number of nitrogens with two attached hydrogens (primary N) is 1. The molecule has 0 saturated heterocycles. The van der Waals surface area contributed by atoms with Crippen molar-refractivity contribution in [3.8, 4) is 11.3 Å². The summed E-state index contributed by atoms with van der Waals surface area (Å²) in [5, 5.41) is 3.11. The zero-order valence-corrected chi connectivity index (χ0v) is 16.7. The summed E-state index contributed by atoms with van der Waals surface area (Å²) in [6.07, 6.45) is 6.55. The van der Waals surface area contributed by atoms with Crippen LogP contribution in [0.15, 0.2) is 39.9 Å². The van der Waals surface area contributed by atoms with E-state index in [0.717, 1.165) is 24.3 Å². The lowest BCUT2D eigenvalue weighted by Crippen LogP contribution is -2.32. The third-order valence-electron chi connectivity index (χ3n) is 3.61. The number of nitrogens with one attached hydrogen (secondary N) is 1. The molecule has 0 fully saturated rings. The third kappa shape index (κ3) is 6.90. The molecule has 132 valence electrons. The van der Waals surface area contributed by atoms with E-state index in [1.54, 1.807) is 6.20 Å². The highest BCUT2D eigenvalue weighted by atomic mass is 127. The first-order chi connectivity index (χ1) is 11.2. The number of halogens is 1. The molecule has 1 aromatic carbocycles. The molecule has 6 heteroatoms. The second kappa shape index (κ2) is 11.1. The minimum atomic E-state index is 0. The first-order valence-corrected chi connectivity index (χ1v) is 8.24. The van der Waals surface area contributed by atoms with Crippen LogP contribution in [-0.2, 0) is 6.54 Å². The van der Waals surface area contributed by atoms with Crippen LogP contribution < -0.4 is 11.1 Å². The molecule has 2 rings (SSSR count). The van der Waals surface area contributed by atoms with E-state index < -0.39 is 0 Å². The number of hydrogen-bond acceptors (Lipinski definition) is 3. The van der Waals surface area contributed by atoms with Crippen LogP contribution >= 0.6 is 24.0 Å². The van der Waals surface area contributed by atoms with Crippen LogP contribution in [0.2, 0.25) is 0 Å². The number of oxazole rings is 1. The molecule has 0 saturated carbocycles. The maximum atomic E-state index is 5.84. The number of guanidine groups is 1. The van der Waals surface area contributed by atoms with Crippen molar-refractivity contribution >= 4 is 29.9 Å². The van der Waals surface area contributed by atoms with Gasteiger partial charge in [-0.2, -0.15) is 0 Å². The molecule has 2 aromatic rings. The minimum Gasteiger partial charge on any atom is -0.439 e. The lowest BCUT2D eigenvalue weighted by molar-refractivity contribution is 0.509. The number of aromatic nitrogens is 1. The van der Waals surface area contributed by atoms with Crippen molar-refractivity contribution in [2.45, 2.75) is 46.1 Å². The zero-order valence-electron chi connectivity index (χ0n) is 14.4. The van der Waals surface area contributed by atoms with E-state index in [4.69, 9.17) is 10.2 Å². The van der Waals surface area contributed by atoms with Gasteiger partial charge in [0.15, 0.2) is 11.7 Å². The first-order valence-electron chi connectivity index (χ1n) is 8.24. The van der Waals surface area contributed by atoms with E-state index in [9.17, 15) is 0 Å². The largest absolute Gasteiger partial charge is 0.439 e. The van der Waals surface area contributed by atoms with E-state index in [1.165, 1.54) is 24.8 Å². The average Bonchev–Trinajstić information content (AvgIpc) is 3.02. The Labute approximate surface area is 161 Å². The second-order valence-electron chi connectivity index (χ2n) is 5.67.